The molecule has 25 heavy (non-hydrogen) atoms. The molecule has 1 saturated heterocycles. The summed E-state index contributed by atoms with van der Waals surface area (Å²) < 4.78 is 2.33. The minimum Gasteiger partial charge on any atom is -0.391 e. The van der Waals surface area contributed by atoms with Gasteiger partial charge in [-0.05, 0) is 57.9 Å². The molecule has 1 aliphatic heterocycles. The SMILES string of the molecule is Cc1cc(C(=O)N2CCN([C@H]3CCC[C@H]3O)CC2)c(C)n1CC1CC1. The number of hydrogen-bond donors (Lipinski definition) is 1. The Hall–Kier alpha value is -1.33. The molecular weight excluding hydrogens is 314 g/mol. The third-order valence-corrected chi connectivity index (χ3v) is 6.46. The van der Waals surface area contributed by atoms with Crippen LogP contribution in [0.15, 0.2) is 6.07 Å². The van der Waals surface area contributed by atoms with Crippen LogP contribution in [0.5, 0.6) is 0 Å². The second-order valence-electron chi connectivity index (χ2n) is 8.23. The maximum atomic E-state index is 13.0. The number of carbonyl (C=O) groups excluding carboxylic acids is 1. The van der Waals surface area contributed by atoms with Crippen molar-refractivity contribution in [3.8, 4) is 0 Å². The van der Waals surface area contributed by atoms with Gasteiger partial charge in [0, 0.05) is 50.2 Å². The maximum absolute atomic E-state index is 13.0. The first-order chi connectivity index (χ1) is 12.0. The van der Waals surface area contributed by atoms with Crippen LogP contribution in [0.25, 0.3) is 0 Å². The topological polar surface area (TPSA) is 48.7 Å². The number of aliphatic hydroxyl groups is 1. The van der Waals surface area contributed by atoms with Crippen molar-refractivity contribution >= 4 is 5.91 Å². The first-order valence-corrected chi connectivity index (χ1v) is 9.92. The van der Waals surface area contributed by atoms with Crippen molar-refractivity contribution in [2.45, 2.75) is 64.6 Å². The van der Waals surface area contributed by atoms with E-state index in [2.05, 4.69) is 29.4 Å². The van der Waals surface area contributed by atoms with Gasteiger partial charge in [0.15, 0.2) is 0 Å². The minimum atomic E-state index is -0.177. The molecule has 2 heterocycles. The standard InChI is InChI=1S/C20H31N3O2/c1-14-12-17(15(2)23(14)13-16-6-7-16)20(25)22-10-8-21(9-11-22)18-4-3-5-19(18)24/h12,16,18-19,24H,3-11,13H2,1-2H3/t18-,19+/m0/s1. The number of piperazine rings is 1. The smallest absolute Gasteiger partial charge is 0.255 e. The molecule has 4 rings (SSSR count). The Morgan fingerprint density at radius 2 is 1.84 bits per heavy atom. The van der Waals surface area contributed by atoms with Crippen molar-refractivity contribution in [2.24, 2.45) is 5.92 Å². The number of aliphatic hydroxyl groups excluding tert-OH is 1. The molecule has 2 atom stereocenters. The van der Waals surface area contributed by atoms with Crippen molar-refractivity contribution < 1.29 is 9.90 Å². The maximum Gasteiger partial charge on any atom is 0.255 e. The Balaban J connectivity index is 1.40. The molecule has 2 aliphatic carbocycles. The number of carbonyl (C=O) groups is 1. The van der Waals surface area contributed by atoms with E-state index < -0.39 is 0 Å². The van der Waals surface area contributed by atoms with Gasteiger partial charge in [0.2, 0.25) is 0 Å². The van der Waals surface area contributed by atoms with Gasteiger partial charge in [-0.25, -0.2) is 0 Å². The van der Waals surface area contributed by atoms with Crippen molar-refractivity contribution in [1.82, 2.24) is 14.4 Å². The fourth-order valence-corrected chi connectivity index (χ4v) is 4.63. The molecule has 3 aliphatic rings. The molecule has 1 aromatic rings. The number of aromatic nitrogens is 1. The average Bonchev–Trinajstić information content (AvgIpc) is 3.27. The normalized spacial score (nSPS) is 27.9. The molecule has 1 N–H and O–H groups in total. The van der Waals surface area contributed by atoms with Crippen LogP contribution in [-0.2, 0) is 6.54 Å². The number of amides is 1. The van der Waals surface area contributed by atoms with Crippen molar-refractivity contribution in [1.29, 1.82) is 0 Å². The summed E-state index contributed by atoms with van der Waals surface area (Å²) in [7, 11) is 0. The van der Waals surface area contributed by atoms with Gasteiger partial charge in [0.1, 0.15) is 0 Å². The largest absolute Gasteiger partial charge is 0.391 e. The zero-order valence-electron chi connectivity index (χ0n) is 15.6. The Morgan fingerprint density at radius 3 is 2.44 bits per heavy atom. The van der Waals surface area contributed by atoms with Gasteiger partial charge in [-0.15, -0.1) is 0 Å². The van der Waals surface area contributed by atoms with E-state index in [1.54, 1.807) is 0 Å². The summed E-state index contributed by atoms with van der Waals surface area (Å²) in [6.07, 6.45) is 5.63. The summed E-state index contributed by atoms with van der Waals surface area (Å²) >= 11 is 0. The molecule has 5 nitrogen and oxygen atoms in total. The number of aryl methyl sites for hydroxylation is 1. The van der Waals surface area contributed by atoms with Crippen LogP contribution >= 0.6 is 0 Å². The predicted octanol–water partition coefficient (Wildman–Crippen LogP) is 2.19. The number of hydrogen-bond acceptors (Lipinski definition) is 3. The van der Waals surface area contributed by atoms with E-state index in [-0.39, 0.29) is 12.0 Å². The molecule has 0 bridgehead atoms. The van der Waals surface area contributed by atoms with Gasteiger partial charge < -0.3 is 14.6 Å². The lowest BCUT2D eigenvalue weighted by molar-refractivity contribution is 0.0315. The highest BCUT2D eigenvalue weighted by Crippen LogP contribution is 2.32. The summed E-state index contributed by atoms with van der Waals surface area (Å²) in [6, 6.07) is 2.38. The Kier molecular flexibility index (Phi) is 4.63. The van der Waals surface area contributed by atoms with Crippen LogP contribution < -0.4 is 0 Å². The lowest BCUT2D eigenvalue weighted by atomic mass is 10.1. The molecule has 138 valence electrons. The first-order valence-electron chi connectivity index (χ1n) is 9.92. The highest BCUT2D eigenvalue weighted by atomic mass is 16.3. The molecule has 0 unspecified atom stereocenters. The van der Waals surface area contributed by atoms with Gasteiger partial charge in [0.05, 0.1) is 11.7 Å². The Labute approximate surface area is 150 Å². The summed E-state index contributed by atoms with van der Waals surface area (Å²) in [4.78, 5) is 17.4. The predicted molar refractivity (Wildman–Crippen MR) is 97.8 cm³/mol. The van der Waals surface area contributed by atoms with E-state index in [0.717, 1.165) is 69.2 Å². The van der Waals surface area contributed by atoms with Gasteiger partial charge in [0.25, 0.3) is 5.91 Å². The van der Waals surface area contributed by atoms with Crippen LogP contribution in [-0.4, -0.2) is 63.7 Å². The second-order valence-corrected chi connectivity index (χ2v) is 8.23. The fourth-order valence-electron chi connectivity index (χ4n) is 4.63. The summed E-state index contributed by atoms with van der Waals surface area (Å²) in [5.74, 6) is 0.996. The van der Waals surface area contributed by atoms with E-state index >= 15 is 0 Å². The molecule has 2 saturated carbocycles. The zero-order chi connectivity index (χ0) is 17.6. The molecule has 0 radical (unpaired) electrons. The summed E-state index contributed by atoms with van der Waals surface area (Å²) in [5.41, 5.74) is 3.22. The minimum absolute atomic E-state index is 0.177. The fraction of sp³-hybridized carbons (Fsp3) is 0.750. The monoisotopic (exact) mass is 345 g/mol. The van der Waals surface area contributed by atoms with E-state index in [9.17, 15) is 9.90 Å². The summed E-state index contributed by atoms with van der Waals surface area (Å²) in [6.45, 7) is 8.59. The Morgan fingerprint density at radius 1 is 1.12 bits per heavy atom. The van der Waals surface area contributed by atoms with Crippen molar-refractivity contribution in [3.63, 3.8) is 0 Å². The van der Waals surface area contributed by atoms with Gasteiger partial charge >= 0.3 is 0 Å². The van der Waals surface area contributed by atoms with E-state index in [4.69, 9.17) is 0 Å². The number of nitrogens with zero attached hydrogens (tertiary/aromatic N) is 3. The van der Waals surface area contributed by atoms with Gasteiger partial charge in [-0.1, -0.05) is 0 Å². The third kappa shape index (κ3) is 3.36. The van der Waals surface area contributed by atoms with Crippen LogP contribution in [0.2, 0.25) is 0 Å². The van der Waals surface area contributed by atoms with E-state index in [1.807, 2.05) is 4.90 Å². The Bertz CT molecular complexity index is 642. The highest BCUT2D eigenvalue weighted by Gasteiger charge is 2.34. The second kappa shape index (κ2) is 6.76. The third-order valence-electron chi connectivity index (χ3n) is 6.46. The zero-order valence-corrected chi connectivity index (χ0v) is 15.6. The molecule has 3 fully saturated rings. The highest BCUT2D eigenvalue weighted by molar-refractivity contribution is 5.95. The van der Waals surface area contributed by atoms with Crippen LogP contribution in [0.3, 0.4) is 0 Å². The molecular formula is C20H31N3O2. The molecule has 1 aromatic heterocycles. The molecule has 5 heteroatoms. The van der Waals surface area contributed by atoms with Crippen LogP contribution in [0.4, 0.5) is 0 Å². The lowest BCUT2D eigenvalue weighted by Crippen LogP contribution is -2.53. The van der Waals surface area contributed by atoms with Crippen molar-refractivity contribution in [2.75, 3.05) is 26.2 Å². The lowest BCUT2D eigenvalue weighted by Gasteiger charge is -2.39. The van der Waals surface area contributed by atoms with Crippen LogP contribution in [0, 0.1) is 19.8 Å². The van der Waals surface area contributed by atoms with E-state index in [0.29, 0.717) is 6.04 Å². The van der Waals surface area contributed by atoms with Crippen molar-refractivity contribution in [3.05, 3.63) is 23.0 Å². The number of rotatable bonds is 4. The average molecular weight is 345 g/mol. The van der Waals surface area contributed by atoms with Gasteiger partial charge in [-0.3, -0.25) is 9.69 Å². The molecule has 0 aromatic carbocycles. The summed E-state index contributed by atoms with van der Waals surface area (Å²) in [5, 5.41) is 10.1. The molecule has 0 spiro atoms. The quantitative estimate of drug-likeness (QED) is 0.910. The molecule has 1 amide bonds. The van der Waals surface area contributed by atoms with Gasteiger partial charge in [-0.2, -0.15) is 0 Å². The van der Waals surface area contributed by atoms with E-state index in [1.165, 1.54) is 18.5 Å². The first kappa shape index (κ1) is 17.1. The van der Waals surface area contributed by atoms with Crippen LogP contribution in [0.1, 0.15) is 53.8 Å².